The first-order valence-corrected chi connectivity index (χ1v) is 11.2. The largest absolute Gasteiger partial charge is 0.486 e. The van der Waals surface area contributed by atoms with Crippen molar-refractivity contribution in [2.75, 3.05) is 32.8 Å². The molecule has 0 radical (unpaired) electrons. The van der Waals surface area contributed by atoms with Crippen molar-refractivity contribution < 1.29 is 19.4 Å². The number of benzene rings is 1. The fraction of sp³-hybridized carbons (Fsp3) is 0.696. The number of carbonyl (C=O) groups excluding carboxylic acids is 1. The minimum atomic E-state index is -0.420. The molecule has 6 heteroatoms. The Balaban J connectivity index is 1.46. The van der Waals surface area contributed by atoms with Gasteiger partial charge >= 0.3 is 0 Å². The zero-order valence-corrected chi connectivity index (χ0v) is 17.5. The molecule has 160 valence electrons. The summed E-state index contributed by atoms with van der Waals surface area (Å²) in [6.45, 7) is 4.73. The Morgan fingerprint density at radius 3 is 2.66 bits per heavy atom. The predicted octanol–water partition coefficient (Wildman–Crippen LogP) is 3.14. The molecule has 2 fully saturated rings. The molecule has 1 aromatic rings. The van der Waals surface area contributed by atoms with Gasteiger partial charge in [0.1, 0.15) is 13.2 Å². The van der Waals surface area contributed by atoms with Crippen LogP contribution in [0.1, 0.15) is 63.5 Å². The van der Waals surface area contributed by atoms with Crippen LogP contribution in [0, 0.1) is 0 Å². The van der Waals surface area contributed by atoms with Gasteiger partial charge in [-0.3, -0.25) is 9.69 Å². The molecule has 1 saturated carbocycles. The Labute approximate surface area is 173 Å². The number of aliphatic hydroxyl groups is 1. The lowest BCUT2D eigenvalue weighted by Gasteiger charge is -2.36. The molecule has 3 aliphatic rings. The monoisotopic (exact) mass is 402 g/mol. The van der Waals surface area contributed by atoms with Crippen molar-refractivity contribution >= 4 is 5.91 Å². The maximum atomic E-state index is 13.3. The number of hydrogen-bond donors (Lipinski definition) is 1. The van der Waals surface area contributed by atoms with Crippen LogP contribution in [0.5, 0.6) is 11.5 Å². The molecule has 1 amide bonds. The van der Waals surface area contributed by atoms with E-state index < -0.39 is 6.10 Å². The first-order chi connectivity index (χ1) is 14.1. The van der Waals surface area contributed by atoms with Gasteiger partial charge < -0.3 is 19.5 Å². The highest BCUT2D eigenvalue weighted by Crippen LogP contribution is 2.38. The molecule has 2 unspecified atom stereocenters. The summed E-state index contributed by atoms with van der Waals surface area (Å²) in [6.07, 6.45) is 7.56. The SMILES string of the molecule is CC(O)CN(CC(=O)N1CCCC1c1ccc2c(c1)OCCO2)C1CCCCC1. The van der Waals surface area contributed by atoms with E-state index in [-0.39, 0.29) is 11.9 Å². The number of hydrogen-bond acceptors (Lipinski definition) is 5. The van der Waals surface area contributed by atoms with E-state index in [0.29, 0.717) is 32.3 Å². The summed E-state index contributed by atoms with van der Waals surface area (Å²) < 4.78 is 11.4. The summed E-state index contributed by atoms with van der Waals surface area (Å²) >= 11 is 0. The van der Waals surface area contributed by atoms with Gasteiger partial charge in [0.25, 0.3) is 0 Å². The molecule has 29 heavy (non-hydrogen) atoms. The van der Waals surface area contributed by atoms with Crippen molar-refractivity contribution in [2.24, 2.45) is 0 Å². The van der Waals surface area contributed by atoms with E-state index in [1.165, 1.54) is 19.3 Å². The number of carbonyl (C=O) groups is 1. The zero-order chi connectivity index (χ0) is 20.2. The molecule has 0 spiro atoms. The van der Waals surface area contributed by atoms with Crippen LogP contribution in [-0.4, -0.2) is 65.8 Å². The second-order valence-electron chi connectivity index (χ2n) is 8.72. The summed E-state index contributed by atoms with van der Waals surface area (Å²) in [5, 5.41) is 9.98. The maximum Gasteiger partial charge on any atom is 0.237 e. The van der Waals surface area contributed by atoms with Crippen molar-refractivity contribution in [3.05, 3.63) is 23.8 Å². The number of rotatable bonds is 6. The van der Waals surface area contributed by atoms with Gasteiger partial charge in [-0.05, 0) is 50.3 Å². The lowest BCUT2D eigenvalue weighted by molar-refractivity contribution is -0.134. The van der Waals surface area contributed by atoms with Crippen LogP contribution in [0.25, 0.3) is 0 Å². The lowest BCUT2D eigenvalue weighted by Crippen LogP contribution is -2.47. The normalized spacial score (nSPS) is 23.4. The topological polar surface area (TPSA) is 62.2 Å². The van der Waals surface area contributed by atoms with E-state index in [0.717, 1.165) is 49.3 Å². The molecular weight excluding hydrogens is 368 g/mol. The minimum absolute atomic E-state index is 0.0954. The van der Waals surface area contributed by atoms with E-state index in [1.54, 1.807) is 0 Å². The summed E-state index contributed by atoms with van der Waals surface area (Å²) in [4.78, 5) is 17.6. The molecule has 0 bridgehead atoms. The third kappa shape index (κ3) is 4.86. The van der Waals surface area contributed by atoms with Crippen molar-refractivity contribution in [2.45, 2.75) is 70.1 Å². The van der Waals surface area contributed by atoms with Crippen LogP contribution in [0.2, 0.25) is 0 Å². The number of likely N-dealkylation sites (tertiary alicyclic amines) is 1. The van der Waals surface area contributed by atoms with Crippen molar-refractivity contribution in [1.29, 1.82) is 0 Å². The van der Waals surface area contributed by atoms with Gasteiger partial charge in [-0.25, -0.2) is 0 Å². The average molecular weight is 403 g/mol. The molecule has 2 atom stereocenters. The maximum absolute atomic E-state index is 13.3. The predicted molar refractivity (Wildman–Crippen MR) is 111 cm³/mol. The third-order valence-electron chi connectivity index (χ3n) is 6.45. The van der Waals surface area contributed by atoms with Gasteiger partial charge in [-0.2, -0.15) is 0 Å². The van der Waals surface area contributed by atoms with Crippen LogP contribution >= 0.6 is 0 Å². The van der Waals surface area contributed by atoms with E-state index in [1.807, 2.05) is 24.0 Å². The fourth-order valence-electron chi connectivity index (χ4n) is 5.07. The third-order valence-corrected chi connectivity index (χ3v) is 6.45. The van der Waals surface area contributed by atoms with E-state index in [4.69, 9.17) is 9.47 Å². The smallest absolute Gasteiger partial charge is 0.237 e. The first kappa shape index (κ1) is 20.5. The number of fused-ring (bicyclic) bond motifs is 1. The number of aliphatic hydroxyl groups excluding tert-OH is 1. The van der Waals surface area contributed by atoms with Crippen molar-refractivity contribution in [3.8, 4) is 11.5 Å². The summed E-state index contributed by atoms with van der Waals surface area (Å²) in [7, 11) is 0. The molecule has 1 saturated heterocycles. The highest BCUT2D eigenvalue weighted by Gasteiger charge is 2.33. The molecule has 0 aromatic heterocycles. The number of amides is 1. The number of nitrogens with zero attached hydrogens (tertiary/aromatic N) is 2. The van der Waals surface area contributed by atoms with Crippen LogP contribution in [0.4, 0.5) is 0 Å². The fourth-order valence-corrected chi connectivity index (χ4v) is 5.07. The molecule has 2 heterocycles. The second-order valence-corrected chi connectivity index (χ2v) is 8.72. The van der Waals surface area contributed by atoms with Gasteiger partial charge in [-0.15, -0.1) is 0 Å². The number of ether oxygens (including phenoxy) is 2. The molecule has 2 aliphatic heterocycles. The first-order valence-electron chi connectivity index (χ1n) is 11.2. The average Bonchev–Trinajstić information content (AvgIpc) is 3.23. The Kier molecular flexibility index (Phi) is 6.60. The Morgan fingerprint density at radius 1 is 1.14 bits per heavy atom. The van der Waals surface area contributed by atoms with E-state index >= 15 is 0 Å². The highest BCUT2D eigenvalue weighted by atomic mass is 16.6. The second kappa shape index (κ2) is 9.35. The molecule has 6 nitrogen and oxygen atoms in total. The molecule has 1 aromatic carbocycles. The Hall–Kier alpha value is -1.79. The van der Waals surface area contributed by atoms with E-state index in [2.05, 4.69) is 11.0 Å². The van der Waals surface area contributed by atoms with Gasteiger partial charge in [-0.1, -0.05) is 25.3 Å². The van der Waals surface area contributed by atoms with Crippen LogP contribution in [0.3, 0.4) is 0 Å². The van der Waals surface area contributed by atoms with Gasteiger partial charge in [0.15, 0.2) is 11.5 Å². The molecule has 4 rings (SSSR count). The summed E-state index contributed by atoms with van der Waals surface area (Å²) in [5.74, 6) is 1.75. The van der Waals surface area contributed by atoms with Crippen LogP contribution in [0.15, 0.2) is 18.2 Å². The molecule has 1 aliphatic carbocycles. The Bertz CT molecular complexity index is 702. The van der Waals surface area contributed by atoms with E-state index in [9.17, 15) is 9.90 Å². The summed E-state index contributed by atoms with van der Waals surface area (Å²) in [5.41, 5.74) is 1.12. The summed E-state index contributed by atoms with van der Waals surface area (Å²) in [6, 6.07) is 6.58. The lowest BCUT2D eigenvalue weighted by atomic mass is 9.94. The Morgan fingerprint density at radius 2 is 1.90 bits per heavy atom. The highest BCUT2D eigenvalue weighted by molar-refractivity contribution is 5.79. The molecular formula is C23H34N2O4. The van der Waals surface area contributed by atoms with Gasteiger partial charge in [0.2, 0.25) is 5.91 Å². The zero-order valence-electron chi connectivity index (χ0n) is 17.5. The van der Waals surface area contributed by atoms with Crippen LogP contribution in [-0.2, 0) is 4.79 Å². The quantitative estimate of drug-likeness (QED) is 0.792. The molecule has 1 N–H and O–H groups in total. The van der Waals surface area contributed by atoms with Crippen molar-refractivity contribution in [1.82, 2.24) is 9.80 Å². The minimum Gasteiger partial charge on any atom is -0.486 e. The van der Waals surface area contributed by atoms with Gasteiger partial charge in [0.05, 0.1) is 18.7 Å². The van der Waals surface area contributed by atoms with Crippen LogP contribution < -0.4 is 9.47 Å². The van der Waals surface area contributed by atoms with Gasteiger partial charge in [0, 0.05) is 19.1 Å². The van der Waals surface area contributed by atoms with Crippen molar-refractivity contribution in [3.63, 3.8) is 0 Å². The standard InChI is InChI=1S/C23H34N2O4/c1-17(26)15-24(19-6-3-2-4-7-19)16-23(27)25-11-5-8-20(25)18-9-10-21-22(14-18)29-13-12-28-21/h9-10,14,17,19-20,26H,2-8,11-13,15-16H2,1H3.